The quantitative estimate of drug-likeness (QED) is 0.702. The third-order valence-corrected chi connectivity index (χ3v) is 3.72. The fourth-order valence-electron chi connectivity index (χ4n) is 2.03. The third kappa shape index (κ3) is 7.30. The minimum atomic E-state index is -0.00228. The maximum Gasteiger partial charge on any atom is 0.224 e. The predicted octanol–water partition coefficient (Wildman–Crippen LogP) is 5.67. The second-order valence-electron chi connectivity index (χ2n) is 6.80. The first-order valence-electron chi connectivity index (χ1n) is 8.17. The first-order valence-corrected chi connectivity index (χ1v) is 8.96. The predicted molar refractivity (Wildman–Crippen MR) is 99.4 cm³/mol. The average Bonchev–Trinajstić information content (AvgIpc) is 3.22. The van der Waals surface area contributed by atoms with Crippen LogP contribution in [0, 0.1) is 11.3 Å². The lowest BCUT2D eigenvalue weighted by Gasteiger charge is -2.19. The number of rotatable bonds is 5. The van der Waals surface area contributed by atoms with Gasteiger partial charge in [-0.25, -0.2) is 0 Å². The molecule has 1 saturated carbocycles. The van der Waals surface area contributed by atoms with Gasteiger partial charge in [-0.15, -0.1) is 0 Å². The highest BCUT2D eigenvalue weighted by atomic mass is 79.9. The molecule has 22 heavy (non-hydrogen) atoms. The Hall–Kier alpha value is -1.03. The summed E-state index contributed by atoms with van der Waals surface area (Å²) in [5, 5.41) is 6.46. The molecule has 1 aliphatic carbocycles. The van der Waals surface area contributed by atoms with Crippen molar-refractivity contribution in [3.8, 4) is 0 Å². The van der Waals surface area contributed by atoms with E-state index >= 15 is 0 Å². The molecule has 1 aliphatic rings. The third-order valence-electron chi connectivity index (χ3n) is 3.22. The van der Waals surface area contributed by atoms with Gasteiger partial charge in [0.25, 0.3) is 0 Å². The second kappa shape index (κ2) is 8.56. The summed E-state index contributed by atoms with van der Waals surface area (Å²) in [5.41, 5.74) is 1.86. The fourth-order valence-corrected chi connectivity index (χ4v) is 2.39. The summed E-state index contributed by atoms with van der Waals surface area (Å²) in [6.45, 7) is 11.2. The van der Waals surface area contributed by atoms with Gasteiger partial charge < -0.3 is 10.6 Å². The van der Waals surface area contributed by atoms with Crippen molar-refractivity contribution in [1.82, 2.24) is 0 Å². The van der Waals surface area contributed by atoms with Gasteiger partial charge >= 0.3 is 0 Å². The van der Waals surface area contributed by atoms with Crippen LogP contribution >= 0.6 is 15.9 Å². The fraction of sp³-hybridized carbons (Fsp3) is 0.611. The number of benzene rings is 1. The summed E-state index contributed by atoms with van der Waals surface area (Å²) in [6, 6.07) is 5.96. The van der Waals surface area contributed by atoms with Gasteiger partial charge in [0.05, 0.1) is 11.4 Å². The maximum absolute atomic E-state index is 12.1. The summed E-state index contributed by atoms with van der Waals surface area (Å²) in [4.78, 5) is 12.1. The van der Waals surface area contributed by atoms with E-state index in [4.69, 9.17) is 0 Å². The lowest BCUT2D eigenvalue weighted by atomic mass is 9.92. The van der Waals surface area contributed by atoms with Crippen molar-refractivity contribution in [3.63, 3.8) is 0 Å². The Morgan fingerprint density at radius 1 is 1.23 bits per heavy atom. The molecule has 124 valence electrons. The van der Waals surface area contributed by atoms with E-state index in [-0.39, 0.29) is 11.3 Å². The van der Waals surface area contributed by atoms with Crippen molar-refractivity contribution < 1.29 is 4.79 Å². The Labute approximate surface area is 143 Å². The minimum Gasteiger partial charge on any atom is -0.383 e. The van der Waals surface area contributed by atoms with Crippen LogP contribution in [0.15, 0.2) is 22.7 Å². The Kier molecular flexibility index (Phi) is 7.40. The molecule has 1 aromatic rings. The zero-order valence-corrected chi connectivity index (χ0v) is 16.0. The van der Waals surface area contributed by atoms with Gasteiger partial charge in [0, 0.05) is 17.4 Å². The molecule has 0 aliphatic heterocycles. The van der Waals surface area contributed by atoms with E-state index in [9.17, 15) is 4.79 Å². The van der Waals surface area contributed by atoms with E-state index in [0.29, 0.717) is 6.42 Å². The number of hydrogen-bond acceptors (Lipinski definition) is 2. The highest BCUT2D eigenvalue weighted by Gasteiger charge is 2.21. The van der Waals surface area contributed by atoms with Crippen molar-refractivity contribution >= 4 is 33.2 Å². The van der Waals surface area contributed by atoms with Gasteiger partial charge in [0.1, 0.15) is 0 Å². The molecule has 0 unspecified atom stereocenters. The van der Waals surface area contributed by atoms with Gasteiger partial charge in [-0.2, -0.15) is 0 Å². The zero-order valence-electron chi connectivity index (χ0n) is 14.4. The van der Waals surface area contributed by atoms with Crippen LogP contribution in [0.1, 0.15) is 53.9 Å². The molecule has 3 nitrogen and oxygen atoms in total. The number of amides is 1. The second-order valence-corrected chi connectivity index (χ2v) is 7.72. The Balaban J connectivity index is 0.00000116. The standard InChI is InChI=1S/C16H23BrN2O.C2H6/c1-16(2,3)9-15(20)19-14-8-12(17)6-7-13(14)18-10-11-4-5-11;1-2/h6-8,11,18H,4-5,9-10H2,1-3H3,(H,19,20);1-2H3. The van der Waals surface area contributed by atoms with Crippen molar-refractivity contribution in [2.75, 3.05) is 17.2 Å². The summed E-state index contributed by atoms with van der Waals surface area (Å²) in [7, 11) is 0. The van der Waals surface area contributed by atoms with Crippen LogP contribution in [0.2, 0.25) is 0 Å². The highest BCUT2D eigenvalue weighted by molar-refractivity contribution is 9.10. The van der Waals surface area contributed by atoms with E-state index in [1.165, 1.54) is 12.8 Å². The van der Waals surface area contributed by atoms with Crippen LogP contribution in [0.5, 0.6) is 0 Å². The molecular weight excluding hydrogens is 340 g/mol. The van der Waals surface area contributed by atoms with Crippen molar-refractivity contribution in [2.24, 2.45) is 11.3 Å². The number of halogens is 1. The van der Waals surface area contributed by atoms with E-state index in [1.54, 1.807) is 0 Å². The van der Waals surface area contributed by atoms with Crippen molar-refractivity contribution in [3.05, 3.63) is 22.7 Å². The molecule has 2 N–H and O–H groups in total. The summed E-state index contributed by atoms with van der Waals surface area (Å²) >= 11 is 3.46. The van der Waals surface area contributed by atoms with Crippen molar-refractivity contribution in [1.29, 1.82) is 0 Å². The molecule has 1 aromatic carbocycles. The van der Waals surface area contributed by atoms with Crippen LogP contribution in [-0.4, -0.2) is 12.5 Å². The van der Waals surface area contributed by atoms with E-state index in [1.807, 2.05) is 32.0 Å². The number of hydrogen-bond donors (Lipinski definition) is 2. The molecule has 0 aromatic heterocycles. The Morgan fingerprint density at radius 3 is 2.41 bits per heavy atom. The molecule has 0 saturated heterocycles. The summed E-state index contributed by atoms with van der Waals surface area (Å²) in [5.74, 6) is 0.863. The molecule has 0 atom stereocenters. The summed E-state index contributed by atoms with van der Waals surface area (Å²) < 4.78 is 0.973. The van der Waals surface area contributed by atoms with E-state index in [2.05, 4.69) is 47.3 Å². The van der Waals surface area contributed by atoms with Gasteiger partial charge in [0.15, 0.2) is 0 Å². The monoisotopic (exact) mass is 368 g/mol. The molecule has 0 radical (unpaired) electrons. The number of anilines is 2. The topological polar surface area (TPSA) is 41.1 Å². The number of carbonyl (C=O) groups excluding carboxylic acids is 1. The smallest absolute Gasteiger partial charge is 0.224 e. The highest BCUT2D eigenvalue weighted by Crippen LogP contribution is 2.32. The van der Waals surface area contributed by atoms with Gasteiger partial charge in [-0.05, 0) is 42.4 Å². The molecule has 0 heterocycles. The molecule has 1 amide bonds. The first-order chi connectivity index (χ1) is 10.3. The number of carbonyl (C=O) groups is 1. The minimum absolute atomic E-state index is 0.00228. The Morgan fingerprint density at radius 2 is 1.86 bits per heavy atom. The maximum atomic E-state index is 12.1. The van der Waals surface area contributed by atoms with Gasteiger partial charge in [-0.3, -0.25) is 4.79 Å². The lowest BCUT2D eigenvalue weighted by Crippen LogP contribution is -2.20. The zero-order chi connectivity index (χ0) is 16.8. The van der Waals surface area contributed by atoms with Gasteiger partial charge in [-0.1, -0.05) is 50.5 Å². The SMILES string of the molecule is CC.CC(C)(C)CC(=O)Nc1cc(Br)ccc1NCC1CC1. The average molecular weight is 369 g/mol. The van der Waals surface area contributed by atoms with E-state index in [0.717, 1.165) is 28.3 Å². The van der Waals surface area contributed by atoms with Gasteiger partial charge in [0.2, 0.25) is 5.91 Å². The molecule has 0 spiro atoms. The number of nitrogens with one attached hydrogen (secondary N) is 2. The van der Waals surface area contributed by atoms with E-state index < -0.39 is 0 Å². The molecular formula is C18H29BrN2O. The van der Waals surface area contributed by atoms with Crippen LogP contribution in [0.25, 0.3) is 0 Å². The normalized spacial score (nSPS) is 13.9. The van der Waals surface area contributed by atoms with Crippen LogP contribution in [-0.2, 0) is 4.79 Å². The first kappa shape index (κ1) is 19.0. The molecule has 2 rings (SSSR count). The van der Waals surface area contributed by atoms with Crippen molar-refractivity contribution in [2.45, 2.75) is 53.9 Å². The molecule has 0 bridgehead atoms. The largest absolute Gasteiger partial charge is 0.383 e. The lowest BCUT2D eigenvalue weighted by molar-refractivity contribution is -0.117. The molecule has 4 heteroatoms. The summed E-state index contributed by atoms with van der Waals surface area (Å²) in [6.07, 6.45) is 3.14. The van der Waals surface area contributed by atoms with Crippen LogP contribution in [0.4, 0.5) is 11.4 Å². The Bertz CT molecular complexity index is 490. The molecule has 1 fully saturated rings. The van der Waals surface area contributed by atoms with Crippen LogP contribution in [0.3, 0.4) is 0 Å². The van der Waals surface area contributed by atoms with Crippen LogP contribution < -0.4 is 10.6 Å².